The van der Waals surface area contributed by atoms with Crippen molar-refractivity contribution in [3.63, 3.8) is 0 Å². The van der Waals surface area contributed by atoms with Crippen LogP contribution >= 0.6 is 0 Å². The van der Waals surface area contributed by atoms with Crippen molar-refractivity contribution in [3.05, 3.63) is 75.3 Å². The van der Waals surface area contributed by atoms with E-state index in [1.54, 1.807) is 18.2 Å². The Morgan fingerprint density at radius 1 is 1.10 bits per heavy atom. The normalized spacial score (nSPS) is 12.2. The molecule has 0 aliphatic carbocycles. The van der Waals surface area contributed by atoms with Gasteiger partial charge >= 0.3 is 0 Å². The lowest BCUT2D eigenvalue weighted by Gasteiger charge is -2.33. The van der Waals surface area contributed by atoms with Gasteiger partial charge < -0.3 is 10.2 Å². The Balaban J connectivity index is 2.38. The Morgan fingerprint density at radius 3 is 2.26 bits per heavy atom. The van der Waals surface area contributed by atoms with Crippen LogP contribution in [-0.4, -0.2) is 33.2 Å². The number of nitro groups is 1. The molecule has 0 radical (unpaired) electrons. The van der Waals surface area contributed by atoms with Gasteiger partial charge in [0, 0.05) is 23.7 Å². The monoisotopic (exact) mass is 425 g/mol. The average molecular weight is 426 g/mol. The lowest BCUT2D eigenvalue weighted by Crippen LogP contribution is -2.53. The lowest BCUT2D eigenvalue weighted by molar-refractivity contribution is -0.385. The first-order valence-electron chi connectivity index (χ1n) is 10.4. The van der Waals surface area contributed by atoms with Crippen LogP contribution in [-0.2, 0) is 22.6 Å². The second-order valence-electron chi connectivity index (χ2n) is 8.73. The largest absolute Gasteiger partial charge is 0.350 e. The molecule has 0 fully saturated rings. The molecule has 2 aromatic carbocycles. The maximum atomic E-state index is 13.4. The van der Waals surface area contributed by atoms with Gasteiger partial charge in [-0.2, -0.15) is 0 Å². The van der Waals surface area contributed by atoms with Gasteiger partial charge in [-0.3, -0.25) is 19.7 Å². The van der Waals surface area contributed by atoms with Crippen LogP contribution in [0.4, 0.5) is 5.69 Å². The third kappa shape index (κ3) is 6.91. The Morgan fingerprint density at radius 2 is 1.71 bits per heavy atom. The second-order valence-corrected chi connectivity index (χ2v) is 8.73. The number of amides is 2. The van der Waals surface area contributed by atoms with Gasteiger partial charge in [0.15, 0.2) is 0 Å². The fraction of sp³-hybridized carbons (Fsp3) is 0.417. The predicted molar refractivity (Wildman–Crippen MR) is 121 cm³/mol. The van der Waals surface area contributed by atoms with Gasteiger partial charge in [0.1, 0.15) is 6.04 Å². The van der Waals surface area contributed by atoms with Crippen LogP contribution < -0.4 is 5.32 Å². The van der Waals surface area contributed by atoms with Crippen molar-refractivity contribution in [1.29, 1.82) is 0 Å². The van der Waals surface area contributed by atoms with Crippen LogP contribution in [0.1, 0.15) is 50.8 Å². The Kier molecular flexibility index (Phi) is 7.91. The van der Waals surface area contributed by atoms with Gasteiger partial charge in [0.05, 0.1) is 11.3 Å². The number of para-hydroxylation sites is 1. The van der Waals surface area contributed by atoms with Crippen LogP contribution in [0.5, 0.6) is 0 Å². The van der Waals surface area contributed by atoms with Gasteiger partial charge in [-0.1, -0.05) is 55.0 Å². The quantitative estimate of drug-likeness (QED) is 0.507. The van der Waals surface area contributed by atoms with Crippen molar-refractivity contribution in [2.75, 3.05) is 0 Å². The van der Waals surface area contributed by atoms with E-state index in [0.29, 0.717) is 12.0 Å². The number of nitrogens with zero attached hydrogens (tertiary/aromatic N) is 2. The average Bonchev–Trinajstić information content (AvgIpc) is 2.68. The first-order valence-corrected chi connectivity index (χ1v) is 10.4. The van der Waals surface area contributed by atoms with Crippen molar-refractivity contribution in [2.24, 2.45) is 0 Å². The summed E-state index contributed by atoms with van der Waals surface area (Å²) in [6, 6.07) is 13.3. The summed E-state index contributed by atoms with van der Waals surface area (Å²) in [6.45, 7) is 9.74. The molecule has 7 heteroatoms. The second kappa shape index (κ2) is 10.2. The van der Waals surface area contributed by atoms with Gasteiger partial charge in [-0.15, -0.1) is 0 Å². The van der Waals surface area contributed by atoms with Crippen molar-refractivity contribution in [2.45, 2.75) is 65.6 Å². The number of benzene rings is 2. The van der Waals surface area contributed by atoms with Crippen molar-refractivity contribution >= 4 is 17.5 Å². The molecule has 166 valence electrons. The molecular formula is C24H31N3O4. The summed E-state index contributed by atoms with van der Waals surface area (Å²) >= 11 is 0. The highest BCUT2D eigenvalue weighted by molar-refractivity contribution is 5.89. The third-order valence-electron chi connectivity index (χ3n) is 4.89. The zero-order valence-electron chi connectivity index (χ0n) is 18.8. The highest BCUT2D eigenvalue weighted by Gasteiger charge is 2.31. The number of hydrogen-bond donors (Lipinski definition) is 1. The Labute approximate surface area is 183 Å². The summed E-state index contributed by atoms with van der Waals surface area (Å²) in [6.07, 6.45) is 0.276. The number of carbonyl (C=O) groups excluding carboxylic acids is 2. The molecule has 0 heterocycles. The standard InChI is InChI=1S/C24H31N3O4/c1-6-20(23(29)25-24(3,4)5)26(16-18-13-11-17(2)12-14-18)22(28)15-19-9-7-8-10-21(19)27(30)31/h7-14,20H,6,15-16H2,1-5H3,(H,25,29)/t20-/m1/s1. The molecule has 0 saturated carbocycles. The summed E-state index contributed by atoms with van der Waals surface area (Å²) in [5.41, 5.74) is 1.78. The molecule has 0 bridgehead atoms. The molecule has 2 rings (SSSR count). The lowest BCUT2D eigenvalue weighted by atomic mass is 10.0. The minimum Gasteiger partial charge on any atom is -0.350 e. The first kappa shape index (κ1) is 24.1. The van der Waals surface area contributed by atoms with E-state index in [4.69, 9.17) is 0 Å². The van der Waals surface area contributed by atoms with Gasteiger partial charge in [-0.05, 0) is 39.7 Å². The molecule has 2 aromatic rings. The van der Waals surface area contributed by atoms with E-state index in [2.05, 4.69) is 5.32 Å². The predicted octanol–water partition coefficient (Wildman–Crippen LogP) is 4.17. The fourth-order valence-electron chi connectivity index (χ4n) is 3.37. The van der Waals surface area contributed by atoms with Crippen LogP contribution in [0.15, 0.2) is 48.5 Å². The topological polar surface area (TPSA) is 92.6 Å². The molecule has 0 unspecified atom stereocenters. The molecular weight excluding hydrogens is 394 g/mol. The zero-order valence-corrected chi connectivity index (χ0v) is 18.8. The maximum Gasteiger partial charge on any atom is 0.273 e. The van der Waals surface area contributed by atoms with E-state index < -0.39 is 16.5 Å². The van der Waals surface area contributed by atoms with Crippen molar-refractivity contribution in [1.82, 2.24) is 10.2 Å². The summed E-state index contributed by atoms with van der Waals surface area (Å²) in [5.74, 6) is -0.566. The zero-order chi connectivity index (χ0) is 23.2. The number of aryl methyl sites for hydroxylation is 1. The number of carbonyl (C=O) groups is 2. The number of nitro benzene ring substituents is 1. The minimum absolute atomic E-state index is 0.0988. The van der Waals surface area contributed by atoms with E-state index in [1.807, 2.05) is 58.9 Å². The van der Waals surface area contributed by atoms with Crippen LogP contribution in [0.25, 0.3) is 0 Å². The van der Waals surface area contributed by atoms with Gasteiger partial charge in [0.2, 0.25) is 11.8 Å². The molecule has 0 aliphatic rings. The van der Waals surface area contributed by atoms with E-state index in [-0.39, 0.29) is 30.5 Å². The van der Waals surface area contributed by atoms with Crippen molar-refractivity contribution < 1.29 is 14.5 Å². The molecule has 0 spiro atoms. The number of rotatable bonds is 8. The molecule has 1 N–H and O–H groups in total. The van der Waals surface area contributed by atoms with E-state index in [9.17, 15) is 19.7 Å². The van der Waals surface area contributed by atoms with Crippen LogP contribution in [0.2, 0.25) is 0 Å². The molecule has 1 atom stereocenters. The van der Waals surface area contributed by atoms with E-state index in [1.165, 1.54) is 11.0 Å². The van der Waals surface area contributed by atoms with Crippen LogP contribution in [0.3, 0.4) is 0 Å². The molecule has 0 aromatic heterocycles. The number of nitrogens with one attached hydrogen (secondary N) is 1. The SMILES string of the molecule is CC[C@H](C(=O)NC(C)(C)C)N(Cc1ccc(C)cc1)C(=O)Cc1ccccc1[N+](=O)[O-]. The summed E-state index contributed by atoms with van der Waals surface area (Å²) < 4.78 is 0. The molecule has 0 aliphatic heterocycles. The number of hydrogen-bond acceptors (Lipinski definition) is 4. The molecule has 7 nitrogen and oxygen atoms in total. The summed E-state index contributed by atoms with van der Waals surface area (Å²) in [4.78, 5) is 38.8. The van der Waals surface area contributed by atoms with E-state index >= 15 is 0 Å². The van der Waals surface area contributed by atoms with Gasteiger partial charge in [-0.25, -0.2) is 0 Å². The molecule has 0 saturated heterocycles. The Hall–Kier alpha value is -3.22. The summed E-state index contributed by atoms with van der Waals surface area (Å²) in [7, 11) is 0. The minimum atomic E-state index is -0.684. The van der Waals surface area contributed by atoms with Crippen molar-refractivity contribution in [3.8, 4) is 0 Å². The first-order chi connectivity index (χ1) is 14.5. The third-order valence-corrected chi connectivity index (χ3v) is 4.89. The van der Waals surface area contributed by atoms with E-state index in [0.717, 1.165) is 11.1 Å². The smallest absolute Gasteiger partial charge is 0.273 e. The maximum absolute atomic E-state index is 13.4. The fourth-order valence-corrected chi connectivity index (χ4v) is 3.37. The highest BCUT2D eigenvalue weighted by Crippen LogP contribution is 2.21. The molecule has 31 heavy (non-hydrogen) atoms. The Bertz CT molecular complexity index is 933. The van der Waals surface area contributed by atoms with Gasteiger partial charge in [0.25, 0.3) is 5.69 Å². The van der Waals surface area contributed by atoms with Crippen LogP contribution in [0, 0.1) is 17.0 Å². The summed E-state index contributed by atoms with van der Waals surface area (Å²) in [5, 5.41) is 14.3. The highest BCUT2D eigenvalue weighted by atomic mass is 16.6. The molecule has 2 amide bonds.